The maximum Gasteiger partial charge on any atom is 0.123 e. The summed E-state index contributed by atoms with van der Waals surface area (Å²) in [5.41, 5.74) is 7.33. The topological polar surface area (TPSA) is 38.5 Å². The second-order valence-corrected chi connectivity index (χ2v) is 5.80. The van der Waals surface area contributed by atoms with Gasteiger partial charge in [0.1, 0.15) is 10.8 Å². The highest BCUT2D eigenvalue weighted by molar-refractivity contribution is 7.80. The Kier molecular flexibility index (Phi) is 5.46. The molecule has 0 aromatic heterocycles. The molecule has 1 aliphatic heterocycles. The van der Waals surface area contributed by atoms with Crippen LogP contribution in [0.25, 0.3) is 0 Å². The van der Waals surface area contributed by atoms with Gasteiger partial charge in [0.15, 0.2) is 0 Å². The molecule has 0 saturated carbocycles. The molecule has 2 N–H and O–H groups in total. The van der Waals surface area contributed by atoms with E-state index in [1.807, 2.05) is 0 Å². The maximum atomic E-state index is 13.3. The molecular weight excluding hydrogens is 275 g/mol. The zero-order chi connectivity index (χ0) is 14.5. The molecule has 0 amide bonds. The van der Waals surface area contributed by atoms with Crippen molar-refractivity contribution in [2.45, 2.75) is 19.4 Å². The first kappa shape index (κ1) is 15.4. The molecule has 20 heavy (non-hydrogen) atoms. The van der Waals surface area contributed by atoms with Crippen LogP contribution in [0.15, 0.2) is 18.2 Å². The minimum atomic E-state index is -0.299. The number of piperidine rings is 1. The van der Waals surface area contributed by atoms with Crippen LogP contribution in [0, 0.1) is 11.7 Å². The van der Waals surface area contributed by atoms with E-state index in [0.717, 1.165) is 38.2 Å². The summed E-state index contributed by atoms with van der Waals surface area (Å²) < 4.78 is 18.5. The van der Waals surface area contributed by atoms with E-state index >= 15 is 0 Å². The van der Waals surface area contributed by atoms with Crippen LogP contribution < -0.4 is 5.73 Å². The van der Waals surface area contributed by atoms with Crippen LogP contribution in [-0.2, 0) is 11.3 Å². The smallest absolute Gasteiger partial charge is 0.123 e. The fraction of sp³-hybridized carbons (Fsp3) is 0.533. The molecule has 0 spiro atoms. The molecule has 1 aromatic carbocycles. The van der Waals surface area contributed by atoms with Crippen molar-refractivity contribution in [3.63, 3.8) is 0 Å². The SMILES string of the molecule is COCC1CCCN(Cc2ccc(F)cc2C(N)=S)C1. The molecular formula is C15H21FN2OS. The molecule has 1 unspecified atom stereocenters. The number of likely N-dealkylation sites (tertiary alicyclic amines) is 1. The van der Waals surface area contributed by atoms with Gasteiger partial charge >= 0.3 is 0 Å². The summed E-state index contributed by atoms with van der Waals surface area (Å²) in [5, 5.41) is 0. The molecule has 1 aromatic rings. The first-order valence-electron chi connectivity index (χ1n) is 6.89. The number of hydrogen-bond acceptors (Lipinski definition) is 3. The first-order chi connectivity index (χ1) is 9.60. The second kappa shape index (κ2) is 7.11. The number of nitrogens with two attached hydrogens (primary N) is 1. The van der Waals surface area contributed by atoms with E-state index in [1.54, 1.807) is 13.2 Å². The third kappa shape index (κ3) is 3.98. The molecule has 0 bridgehead atoms. The molecule has 1 saturated heterocycles. The highest BCUT2D eigenvalue weighted by atomic mass is 32.1. The second-order valence-electron chi connectivity index (χ2n) is 5.36. The molecule has 1 atom stereocenters. The Labute approximate surface area is 124 Å². The van der Waals surface area contributed by atoms with Gasteiger partial charge in [0.25, 0.3) is 0 Å². The highest BCUT2D eigenvalue weighted by Gasteiger charge is 2.20. The van der Waals surface area contributed by atoms with Crippen molar-refractivity contribution in [2.75, 3.05) is 26.8 Å². The van der Waals surface area contributed by atoms with E-state index in [-0.39, 0.29) is 10.8 Å². The van der Waals surface area contributed by atoms with Crippen molar-refractivity contribution in [1.82, 2.24) is 4.90 Å². The Bertz CT molecular complexity index is 479. The predicted octanol–water partition coefficient (Wildman–Crippen LogP) is 2.32. The molecule has 5 heteroatoms. The molecule has 1 heterocycles. The lowest BCUT2D eigenvalue weighted by Gasteiger charge is -2.32. The van der Waals surface area contributed by atoms with Crippen LogP contribution in [0.3, 0.4) is 0 Å². The number of benzene rings is 1. The van der Waals surface area contributed by atoms with Crippen molar-refractivity contribution in [1.29, 1.82) is 0 Å². The Morgan fingerprint density at radius 2 is 2.35 bits per heavy atom. The monoisotopic (exact) mass is 296 g/mol. The van der Waals surface area contributed by atoms with Gasteiger partial charge in [-0.1, -0.05) is 18.3 Å². The van der Waals surface area contributed by atoms with Crippen molar-refractivity contribution >= 4 is 17.2 Å². The zero-order valence-corrected chi connectivity index (χ0v) is 12.6. The van der Waals surface area contributed by atoms with Crippen LogP contribution in [-0.4, -0.2) is 36.7 Å². The van der Waals surface area contributed by atoms with E-state index in [9.17, 15) is 4.39 Å². The summed E-state index contributed by atoms with van der Waals surface area (Å²) in [6.45, 7) is 3.60. The molecule has 110 valence electrons. The average Bonchev–Trinajstić information content (AvgIpc) is 2.41. The van der Waals surface area contributed by atoms with Gasteiger partial charge in [-0.25, -0.2) is 4.39 Å². The highest BCUT2D eigenvalue weighted by Crippen LogP contribution is 2.20. The Morgan fingerprint density at radius 1 is 1.55 bits per heavy atom. The van der Waals surface area contributed by atoms with Crippen molar-refractivity contribution < 1.29 is 9.13 Å². The summed E-state index contributed by atoms with van der Waals surface area (Å²) in [6.07, 6.45) is 2.37. The zero-order valence-electron chi connectivity index (χ0n) is 11.8. The van der Waals surface area contributed by atoms with Gasteiger partial charge in [0, 0.05) is 25.8 Å². The summed E-state index contributed by atoms with van der Waals surface area (Å²) in [7, 11) is 1.74. The van der Waals surface area contributed by atoms with Crippen molar-refractivity contribution in [3.05, 3.63) is 35.1 Å². The summed E-state index contributed by atoms with van der Waals surface area (Å²) in [4.78, 5) is 2.62. The van der Waals surface area contributed by atoms with Gasteiger partial charge in [0.2, 0.25) is 0 Å². The molecule has 1 aliphatic rings. The quantitative estimate of drug-likeness (QED) is 0.846. The van der Waals surface area contributed by atoms with Gasteiger partial charge in [0.05, 0.1) is 6.61 Å². The van der Waals surface area contributed by atoms with Gasteiger partial charge in [-0.3, -0.25) is 4.90 Å². The van der Waals surface area contributed by atoms with Gasteiger partial charge in [-0.05, 0) is 43.0 Å². The van der Waals surface area contributed by atoms with Gasteiger partial charge in [-0.2, -0.15) is 0 Å². The first-order valence-corrected chi connectivity index (χ1v) is 7.30. The number of hydrogen-bond donors (Lipinski definition) is 1. The Morgan fingerprint density at radius 3 is 3.05 bits per heavy atom. The number of nitrogens with zero attached hydrogens (tertiary/aromatic N) is 1. The maximum absolute atomic E-state index is 13.3. The fourth-order valence-electron chi connectivity index (χ4n) is 2.82. The third-order valence-corrected chi connectivity index (χ3v) is 3.96. The van der Waals surface area contributed by atoms with Gasteiger partial charge < -0.3 is 10.5 Å². The minimum Gasteiger partial charge on any atom is -0.389 e. The van der Waals surface area contributed by atoms with E-state index in [0.29, 0.717) is 11.5 Å². The van der Waals surface area contributed by atoms with Crippen molar-refractivity contribution in [2.24, 2.45) is 11.7 Å². The molecule has 3 nitrogen and oxygen atoms in total. The normalized spacial score (nSPS) is 20.0. The molecule has 1 fully saturated rings. The number of methoxy groups -OCH3 is 1. The van der Waals surface area contributed by atoms with Crippen LogP contribution in [0.5, 0.6) is 0 Å². The summed E-state index contributed by atoms with van der Waals surface area (Å²) >= 11 is 5.01. The summed E-state index contributed by atoms with van der Waals surface area (Å²) in [6, 6.07) is 4.67. The van der Waals surface area contributed by atoms with Crippen LogP contribution in [0.2, 0.25) is 0 Å². The van der Waals surface area contributed by atoms with E-state index in [2.05, 4.69) is 4.90 Å². The number of ether oxygens (including phenoxy) is 1. The lowest BCUT2D eigenvalue weighted by Crippen LogP contribution is -2.37. The minimum absolute atomic E-state index is 0.255. The standard InChI is InChI=1S/C15H21FN2OS/c1-19-10-11-3-2-6-18(8-11)9-12-4-5-13(16)7-14(12)15(17)20/h4-5,7,11H,2-3,6,8-10H2,1H3,(H2,17,20). The lowest BCUT2D eigenvalue weighted by molar-refractivity contribution is 0.0873. The Balaban J connectivity index is 2.07. The predicted molar refractivity (Wildman–Crippen MR) is 82.2 cm³/mol. The molecule has 0 radical (unpaired) electrons. The lowest BCUT2D eigenvalue weighted by atomic mass is 9.97. The third-order valence-electron chi connectivity index (χ3n) is 3.74. The average molecular weight is 296 g/mol. The number of halogens is 1. The number of rotatable bonds is 5. The summed E-state index contributed by atoms with van der Waals surface area (Å²) in [5.74, 6) is 0.273. The Hall–Kier alpha value is -1.04. The van der Waals surface area contributed by atoms with Crippen LogP contribution >= 0.6 is 12.2 Å². The van der Waals surface area contributed by atoms with Gasteiger partial charge in [-0.15, -0.1) is 0 Å². The van der Waals surface area contributed by atoms with Crippen LogP contribution in [0.4, 0.5) is 4.39 Å². The fourth-order valence-corrected chi connectivity index (χ4v) is 3.01. The van der Waals surface area contributed by atoms with E-state index < -0.39 is 0 Å². The molecule has 0 aliphatic carbocycles. The van der Waals surface area contributed by atoms with E-state index in [4.69, 9.17) is 22.7 Å². The van der Waals surface area contributed by atoms with Crippen LogP contribution in [0.1, 0.15) is 24.0 Å². The van der Waals surface area contributed by atoms with Crippen molar-refractivity contribution in [3.8, 4) is 0 Å². The largest absolute Gasteiger partial charge is 0.389 e. The number of thiocarbonyl (C=S) groups is 1. The molecule has 2 rings (SSSR count). The van der Waals surface area contributed by atoms with E-state index in [1.165, 1.54) is 18.6 Å².